The third-order valence-corrected chi connectivity index (χ3v) is 2.58. The molecule has 5 nitrogen and oxygen atoms in total. The van der Waals surface area contributed by atoms with Crippen molar-refractivity contribution in [2.75, 3.05) is 11.9 Å². The minimum atomic E-state index is -0.428. The van der Waals surface area contributed by atoms with E-state index in [1.807, 2.05) is 0 Å². The molecule has 18 heavy (non-hydrogen) atoms. The Labute approximate surface area is 103 Å². The quantitative estimate of drug-likeness (QED) is 0.837. The first-order valence-electron chi connectivity index (χ1n) is 5.34. The highest BCUT2D eigenvalue weighted by Gasteiger charge is 2.16. The van der Waals surface area contributed by atoms with Gasteiger partial charge in [-0.3, -0.25) is 9.59 Å². The van der Waals surface area contributed by atoms with Crippen LogP contribution in [0.1, 0.15) is 10.4 Å². The Bertz CT molecular complexity index is 634. The van der Waals surface area contributed by atoms with E-state index in [-0.39, 0.29) is 16.7 Å². The Morgan fingerprint density at radius 1 is 1.33 bits per heavy atom. The molecule has 0 bridgehead atoms. The molecule has 0 aliphatic heterocycles. The van der Waals surface area contributed by atoms with Gasteiger partial charge in [0.05, 0.1) is 0 Å². The molecule has 0 saturated heterocycles. The maximum absolute atomic E-state index is 12.1. The van der Waals surface area contributed by atoms with Crippen molar-refractivity contribution in [3.05, 3.63) is 58.5 Å². The lowest BCUT2D eigenvalue weighted by Crippen LogP contribution is -2.30. The third kappa shape index (κ3) is 2.24. The molecular weight excluding hydrogens is 232 g/mol. The Morgan fingerprint density at radius 2 is 2.11 bits per heavy atom. The number of anilines is 1. The van der Waals surface area contributed by atoms with Crippen LogP contribution in [0.5, 0.6) is 5.75 Å². The van der Waals surface area contributed by atoms with Gasteiger partial charge in [-0.1, -0.05) is 6.07 Å². The van der Waals surface area contributed by atoms with Gasteiger partial charge in [-0.05, 0) is 12.1 Å². The molecule has 0 atom stereocenters. The molecule has 0 radical (unpaired) electrons. The van der Waals surface area contributed by atoms with Crippen molar-refractivity contribution in [1.82, 2.24) is 4.98 Å². The summed E-state index contributed by atoms with van der Waals surface area (Å²) in [7, 11) is 1.55. The maximum atomic E-state index is 12.1. The zero-order valence-corrected chi connectivity index (χ0v) is 9.75. The van der Waals surface area contributed by atoms with Crippen LogP contribution in [0.25, 0.3) is 0 Å². The smallest absolute Gasteiger partial charge is 0.263 e. The fraction of sp³-hybridized carbons (Fsp3) is 0.0769. The molecule has 0 saturated carbocycles. The predicted octanol–water partition coefficient (Wildman–Crippen LogP) is 1.36. The number of carbonyl (C=O) groups is 1. The van der Waals surface area contributed by atoms with Gasteiger partial charge in [-0.25, -0.2) is 0 Å². The average Bonchev–Trinajstić information content (AvgIpc) is 2.37. The minimum Gasteiger partial charge on any atom is -0.508 e. The number of carbonyl (C=O) groups excluding carboxylic acids is 1. The Balaban J connectivity index is 2.35. The van der Waals surface area contributed by atoms with Gasteiger partial charge in [0.1, 0.15) is 11.3 Å². The minimum absolute atomic E-state index is 0.0587. The second-order valence-corrected chi connectivity index (χ2v) is 3.81. The van der Waals surface area contributed by atoms with Crippen LogP contribution in [0.4, 0.5) is 5.69 Å². The highest BCUT2D eigenvalue weighted by atomic mass is 16.3. The molecule has 2 aromatic rings. The zero-order valence-electron chi connectivity index (χ0n) is 9.75. The Hall–Kier alpha value is -2.56. The number of benzene rings is 1. The van der Waals surface area contributed by atoms with E-state index >= 15 is 0 Å². The fourth-order valence-corrected chi connectivity index (χ4v) is 1.58. The first-order chi connectivity index (χ1) is 8.59. The number of phenolic OH excluding ortho intramolecular Hbond substituents is 1. The first-order valence-corrected chi connectivity index (χ1v) is 5.34. The number of phenols is 1. The molecule has 5 heteroatoms. The maximum Gasteiger partial charge on any atom is 0.263 e. The molecular formula is C13H12N2O3. The Kier molecular flexibility index (Phi) is 3.14. The van der Waals surface area contributed by atoms with Gasteiger partial charge in [-0.2, -0.15) is 0 Å². The van der Waals surface area contributed by atoms with Crippen LogP contribution in [0.3, 0.4) is 0 Å². The van der Waals surface area contributed by atoms with Crippen LogP contribution in [-0.2, 0) is 0 Å². The second kappa shape index (κ2) is 4.75. The molecule has 0 unspecified atom stereocenters. The van der Waals surface area contributed by atoms with Gasteiger partial charge in [-0.15, -0.1) is 0 Å². The van der Waals surface area contributed by atoms with E-state index in [0.717, 1.165) is 0 Å². The first kappa shape index (κ1) is 11.9. The van der Waals surface area contributed by atoms with Gasteiger partial charge < -0.3 is 15.0 Å². The van der Waals surface area contributed by atoms with Crippen molar-refractivity contribution < 1.29 is 9.90 Å². The molecule has 1 amide bonds. The lowest BCUT2D eigenvalue weighted by molar-refractivity contribution is 0.0991. The number of H-pyrrole nitrogens is 1. The van der Waals surface area contributed by atoms with Gasteiger partial charge in [0.15, 0.2) is 5.43 Å². The summed E-state index contributed by atoms with van der Waals surface area (Å²) in [5.74, 6) is -0.364. The number of amides is 1. The SMILES string of the molecule is CN(C(=O)c1c[nH]ccc1=O)c1cccc(O)c1. The molecule has 2 N–H and O–H groups in total. The van der Waals surface area contributed by atoms with Gasteiger partial charge in [0.25, 0.3) is 5.91 Å². The molecule has 1 aromatic heterocycles. The number of aromatic hydroxyl groups is 1. The number of nitrogens with zero attached hydrogens (tertiary/aromatic N) is 1. The molecule has 0 aliphatic carbocycles. The van der Waals surface area contributed by atoms with Crippen LogP contribution in [-0.4, -0.2) is 23.0 Å². The van der Waals surface area contributed by atoms with Gasteiger partial charge in [0.2, 0.25) is 0 Å². The number of pyridine rings is 1. The predicted molar refractivity (Wildman–Crippen MR) is 67.9 cm³/mol. The lowest BCUT2D eigenvalue weighted by atomic mass is 10.2. The summed E-state index contributed by atoms with van der Waals surface area (Å²) in [6.07, 6.45) is 2.83. The summed E-state index contributed by atoms with van der Waals surface area (Å²) in [4.78, 5) is 27.7. The lowest BCUT2D eigenvalue weighted by Gasteiger charge is -2.16. The van der Waals surface area contributed by atoms with Crippen molar-refractivity contribution in [2.45, 2.75) is 0 Å². The standard InChI is InChI=1S/C13H12N2O3/c1-15(9-3-2-4-10(16)7-9)13(18)11-8-14-6-5-12(11)17/h2-8,16H,1H3,(H,14,17). The molecule has 1 heterocycles. The summed E-state index contributed by atoms with van der Waals surface area (Å²) in [6.45, 7) is 0. The molecule has 0 spiro atoms. The monoisotopic (exact) mass is 244 g/mol. The third-order valence-electron chi connectivity index (χ3n) is 2.58. The van der Waals surface area contributed by atoms with Crippen LogP contribution in [0.15, 0.2) is 47.5 Å². The number of rotatable bonds is 2. The van der Waals surface area contributed by atoms with Crippen molar-refractivity contribution in [3.8, 4) is 5.75 Å². The average molecular weight is 244 g/mol. The Morgan fingerprint density at radius 3 is 2.78 bits per heavy atom. The molecule has 1 aromatic carbocycles. The number of nitrogens with one attached hydrogen (secondary N) is 1. The second-order valence-electron chi connectivity index (χ2n) is 3.81. The summed E-state index contributed by atoms with van der Waals surface area (Å²) in [5, 5.41) is 9.36. The van der Waals surface area contributed by atoms with E-state index in [9.17, 15) is 14.7 Å². The fourth-order valence-electron chi connectivity index (χ4n) is 1.58. The van der Waals surface area contributed by atoms with Crippen LogP contribution < -0.4 is 10.3 Å². The van der Waals surface area contributed by atoms with E-state index in [4.69, 9.17) is 0 Å². The number of hydrogen-bond acceptors (Lipinski definition) is 3. The number of aromatic amines is 1. The van der Waals surface area contributed by atoms with E-state index in [1.54, 1.807) is 19.2 Å². The topological polar surface area (TPSA) is 73.4 Å². The van der Waals surface area contributed by atoms with E-state index in [2.05, 4.69) is 4.98 Å². The molecule has 0 fully saturated rings. The summed E-state index contributed by atoms with van der Waals surface area (Å²) in [6, 6.07) is 7.56. The number of hydrogen-bond donors (Lipinski definition) is 2. The zero-order chi connectivity index (χ0) is 13.1. The van der Waals surface area contributed by atoms with E-state index < -0.39 is 5.91 Å². The van der Waals surface area contributed by atoms with E-state index in [1.165, 1.54) is 35.5 Å². The van der Waals surface area contributed by atoms with Crippen molar-refractivity contribution in [2.24, 2.45) is 0 Å². The normalized spacial score (nSPS) is 10.1. The molecule has 2 rings (SSSR count). The van der Waals surface area contributed by atoms with Crippen LogP contribution in [0, 0.1) is 0 Å². The van der Waals surface area contributed by atoms with E-state index in [0.29, 0.717) is 5.69 Å². The van der Waals surface area contributed by atoms with Gasteiger partial charge in [0, 0.05) is 37.3 Å². The highest BCUT2D eigenvalue weighted by Crippen LogP contribution is 2.19. The molecule has 92 valence electrons. The molecule has 0 aliphatic rings. The summed E-state index contributed by atoms with van der Waals surface area (Å²) < 4.78 is 0. The van der Waals surface area contributed by atoms with Gasteiger partial charge >= 0.3 is 0 Å². The van der Waals surface area contributed by atoms with Crippen LogP contribution in [0.2, 0.25) is 0 Å². The summed E-state index contributed by atoms with van der Waals surface area (Å²) in [5.41, 5.74) is 0.234. The van der Waals surface area contributed by atoms with Crippen molar-refractivity contribution in [3.63, 3.8) is 0 Å². The van der Waals surface area contributed by atoms with Crippen molar-refractivity contribution in [1.29, 1.82) is 0 Å². The van der Waals surface area contributed by atoms with Crippen LogP contribution >= 0.6 is 0 Å². The number of aromatic nitrogens is 1. The largest absolute Gasteiger partial charge is 0.508 e. The highest BCUT2D eigenvalue weighted by molar-refractivity contribution is 6.05. The summed E-state index contributed by atoms with van der Waals surface area (Å²) >= 11 is 0. The van der Waals surface area contributed by atoms with Crippen molar-refractivity contribution >= 4 is 11.6 Å².